The molecule has 2 N–H and O–H groups in total. The highest BCUT2D eigenvalue weighted by atomic mass is 79.9. The van der Waals surface area contributed by atoms with Crippen LogP contribution in [-0.2, 0) is 6.18 Å². The van der Waals surface area contributed by atoms with Gasteiger partial charge in [-0.25, -0.2) is 4.98 Å². The van der Waals surface area contributed by atoms with E-state index in [0.29, 0.717) is 6.42 Å². The van der Waals surface area contributed by atoms with Crippen LogP contribution < -0.4 is 10.5 Å². The second-order valence-electron chi connectivity index (χ2n) is 4.61. The molecule has 2 rings (SSSR count). The minimum absolute atomic E-state index is 0.236. The molecule has 1 aromatic heterocycles. The Morgan fingerprint density at radius 1 is 1.32 bits per heavy atom. The number of hydrogen-bond donors (Lipinski definition) is 1. The zero-order chi connectivity index (χ0) is 14.0. The Hall–Kier alpha value is -0.820. The molecule has 0 spiro atoms. The highest BCUT2D eigenvalue weighted by Crippen LogP contribution is 2.37. The van der Waals surface area contributed by atoms with E-state index < -0.39 is 23.7 Å². The number of ether oxygens (including phenoxy) is 1. The van der Waals surface area contributed by atoms with Crippen LogP contribution in [0.15, 0.2) is 16.7 Å². The lowest BCUT2D eigenvalue weighted by molar-refractivity contribution is -0.139. The van der Waals surface area contributed by atoms with E-state index in [1.165, 1.54) is 6.20 Å². The molecule has 1 aromatic rings. The Labute approximate surface area is 117 Å². The fourth-order valence-electron chi connectivity index (χ4n) is 2.14. The monoisotopic (exact) mass is 338 g/mol. The summed E-state index contributed by atoms with van der Waals surface area (Å²) in [4.78, 5) is 3.73. The lowest BCUT2D eigenvalue weighted by Gasteiger charge is -2.29. The molecular weight excluding hydrogens is 325 g/mol. The molecule has 7 heteroatoms. The SMILES string of the molecule is NC1CCCCC1Oc1ncc(Br)cc1C(F)(F)F. The van der Waals surface area contributed by atoms with Crippen molar-refractivity contribution in [2.45, 2.75) is 44.0 Å². The maximum atomic E-state index is 12.9. The van der Waals surface area contributed by atoms with Crippen molar-refractivity contribution in [1.82, 2.24) is 4.98 Å². The summed E-state index contributed by atoms with van der Waals surface area (Å²) in [6, 6.07) is 0.733. The van der Waals surface area contributed by atoms with E-state index in [0.717, 1.165) is 25.3 Å². The van der Waals surface area contributed by atoms with E-state index in [9.17, 15) is 13.2 Å². The van der Waals surface area contributed by atoms with Crippen molar-refractivity contribution in [1.29, 1.82) is 0 Å². The zero-order valence-corrected chi connectivity index (χ0v) is 11.7. The minimum Gasteiger partial charge on any atom is -0.472 e. The Morgan fingerprint density at radius 2 is 2.00 bits per heavy atom. The summed E-state index contributed by atoms with van der Waals surface area (Å²) in [5.74, 6) is -0.391. The standard InChI is InChI=1S/C12H14BrF3N2O/c13-7-5-8(12(14,15)16)11(18-6-7)19-10-4-2-1-3-9(10)17/h5-6,9-10H,1-4,17H2. The van der Waals surface area contributed by atoms with Gasteiger partial charge in [-0.2, -0.15) is 13.2 Å². The number of halogens is 4. The number of nitrogens with two attached hydrogens (primary N) is 1. The van der Waals surface area contributed by atoms with Gasteiger partial charge in [0.2, 0.25) is 5.88 Å². The largest absolute Gasteiger partial charge is 0.472 e. The topological polar surface area (TPSA) is 48.1 Å². The quantitative estimate of drug-likeness (QED) is 0.897. The molecule has 1 saturated carbocycles. The van der Waals surface area contributed by atoms with Crippen molar-refractivity contribution in [3.8, 4) is 5.88 Å². The van der Waals surface area contributed by atoms with Crippen molar-refractivity contribution < 1.29 is 17.9 Å². The zero-order valence-electron chi connectivity index (χ0n) is 10.1. The third-order valence-electron chi connectivity index (χ3n) is 3.14. The molecule has 0 amide bonds. The fourth-order valence-corrected chi connectivity index (χ4v) is 2.47. The summed E-state index contributed by atoms with van der Waals surface area (Å²) in [5, 5.41) is 0. The smallest absolute Gasteiger partial charge is 0.421 e. The molecule has 106 valence electrons. The predicted octanol–water partition coefficient (Wildman–Crippen LogP) is 3.51. The van der Waals surface area contributed by atoms with Crippen LogP contribution in [0, 0.1) is 0 Å². The number of aromatic nitrogens is 1. The van der Waals surface area contributed by atoms with Crippen LogP contribution in [0.25, 0.3) is 0 Å². The second-order valence-corrected chi connectivity index (χ2v) is 5.52. The van der Waals surface area contributed by atoms with Crippen LogP contribution >= 0.6 is 15.9 Å². The molecule has 1 aliphatic carbocycles. The van der Waals surface area contributed by atoms with E-state index in [2.05, 4.69) is 20.9 Å². The van der Waals surface area contributed by atoms with Gasteiger partial charge in [0.1, 0.15) is 11.7 Å². The van der Waals surface area contributed by atoms with Crippen LogP contribution in [0.4, 0.5) is 13.2 Å². The number of pyridine rings is 1. The van der Waals surface area contributed by atoms with Crippen molar-refractivity contribution in [2.75, 3.05) is 0 Å². The molecule has 1 aliphatic rings. The average Bonchev–Trinajstić information content (AvgIpc) is 2.33. The molecule has 0 saturated heterocycles. The third-order valence-corrected chi connectivity index (χ3v) is 3.57. The van der Waals surface area contributed by atoms with Gasteiger partial charge in [0.15, 0.2) is 0 Å². The molecule has 1 heterocycles. The Bertz CT molecular complexity index is 453. The Kier molecular flexibility index (Phi) is 4.35. The van der Waals surface area contributed by atoms with Crippen molar-refractivity contribution in [2.24, 2.45) is 5.73 Å². The van der Waals surface area contributed by atoms with E-state index in [4.69, 9.17) is 10.5 Å². The third kappa shape index (κ3) is 3.60. The first-order chi connectivity index (χ1) is 8.88. The molecule has 0 aliphatic heterocycles. The summed E-state index contributed by atoms with van der Waals surface area (Å²) in [5.41, 5.74) is 5.00. The normalized spacial score (nSPS) is 24.3. The Balaban J connectivity index is 2.24. The average molecular weight is 339 g/mol. The number of rotatable bonds is 2. The van der Waals surface area contributed by atoms with Gasteiger partial charge in [0.25, 0.3) is 0 Å². The van der Waals surface area contributed by atoms with Crippen LogP contribution in [0.1, 0.15) is 31.2 Å². The molecule has 19 heavy (non-hydrogen) atoms. The van der Waals surface area contributed by atoms with Gasteiger partial charge in [-0.05, 0) is 41.3 Å². The van der Waals surface area contributed by atoms with Crippen LogP contribution in [0.2, 0.25) is 0 Å². The van der Waals surface area contributed by atoms with Gasteiger partial charge in [0, 0.05) is 16.7 Å². The highest BCUT2D eigenvalue weighted by molar-refractivity contribution is 9.10. The van der Waals surface area contributed by atoms with E-state index in [1.807, 2.05) is 0 Å². The first-order valence-electron chi connectivity index (χ1n) is 6.03. The van der Waals surface area contributed by atoms with Gasteiger partial charge in [-0.1, -0.05) is 6.42 Å². The summed E-state index contributed by atoms with van der Waals surface area (Å²) >= 11 is 2.98. The Morgan fingerprint density at radius 3 is 2.63 bits per heavy atom. The number of hydrogen-bond acceptors (Lipinski definition) is 3. The van der Waals surface area contributed by atoms with Crippen molar-refractivity contribution in [3.63, 3.8) is 0 Å². The van der Waals surface area contributed by atoms with Crippen LogP contribution in [0.3, 0.4) is 0 Å². The summed E-state index contributed by atoms with van der Waals surface area (Å²) < 4.78 is 44.4. The first kappa shape index (κ1) is 14.6. The maximum absolute atomic E-state index is 12.9. The summed E-state index contributed by atoms with van der Waals surface area (Å²) in [6.07, 6.45) is -0.275. The maximum Gasteiger partial charge on any atom is 0.421 e. The van der Waals surface area contributed by atoms with Crippen LogP contribution in [-0.4, -0.2) is 17.1 Å². The van der Waals surface area contributed by atoms with E-state index >= 15 is 0 Å². The molecule has 0 bridgehead atoms. The lowest BCUT2D eigenvalue weighted by Crippen LogP contribution is -2.41. The van der Waals surface area contributed by atoms with E-state index in [1.54, 1.807) is 0 Å². The first-order valence-corrected chi connectivity index (χ1v) is 6.82. The fraction of sp³-hybridized carbons (Fsp3) is 0.583. The van der Waals surface area contributed by atoms with Gasteiger partial charge >= 0.3 is 6.18 Å². The number of nitrogens with zero attached hydrogens (tertiary/aromatic N) is 1. The second kappa shape index (κ2) is 5.66. The van der Waals surface area contributed by atoms with Crippen molar-refractivity contribution in [3.05, 3.63) is 22.3 Å². The van der Waals surface area contributed by atoms with Gasteiger partial charge in [-0.15, -0.1) is 0 Å². The highest BCUT2D eigenvalue weighted by Gasteiger charge is 2.37. The molecule has 2 unspecified atom stereocenters. The summed E-state index contributed by atoms with van der Waals surface area (Å²) in [7, 11) is 0. The summed E-state index contributed by atoms with van der Waals surface area (Å²) in [6.45, 7) is 0. The van der Waals surface area contributed by atoms with E-state index in [-0.39, 0.29) is 10.5 Å². The van der Waals surface area contributed by atoms with Gasteiger partial charge in [0.05, 0.1) is 0 Å². The van der Waals surface area contributed by atoms with Crippen LogP contribution in [0.5, 0.6) is 5.88 Å². The lowest BCUT2D eigenvalue weighted by atomic mass is 9.93. The molecule has 1 fully saturated rings. The molecule has 3 nitrogen and oxygen atoms in total. The molecule has 2 atom stereocenters. The number of alkyl halides is 3. The molecule has 0 aromatic carbocycles. The predicted molar refractivity (Wildman–Crippen MR) is 67.8 cm³/mol. The van der Waals surface area contributed by atoms with Gasteiger partial charge < -0.3 is 10.5 Å². The molecule has 0 radical (unpaired) electrons. The van der Waals surface area contributed by atoms with Crippen molar-refractivity contribution >= 4 is 15.9 Å². The molecular formula is C12H14BrF3N2O. The van der Waals surface area contributed by atoms with Gasteiger partial charge in [-0.3, -0.25) is 0 Å². The minimum atomic E-state index is -4.50.